The van der Waals surface area contributed by atoms with E-state index in [2.05, 4.69) is 20.0 Å². The molecule has 6 nitrogen and oxygen atoms in total. The number of nitrogens with one attached hydrogen (secondary N) is 2. The molecule has 174 valence electrons. The lowest BCUT2D eigenvalue weighted by molar-refractivity contribution is -0.137. The van der Waals surface area contributed by atoms with Crippen LogP contribution in [0.15, 0.2) is 70.0 Å². The first-order chi connectivity index (χ1) is 16.1. The van der Waals surface area contributed by atoms with Gasteiger partial charge >= 0.3 is 11.9 Å². The van der Waals surface area contributed by atoms with Crippen LogP contribution in [0.4, 0.5) is 27.6 Å². The van der Waals surface area contributed by atoms with Crippen molar-refractivity contribution in [1.82, 2.24) is 10.1 Å². The highest BCUT2D eigenvalue weighted by Gasteiger charge is 2.30. The van der Waals surface area contributed by atoms with Crippen LogP contribution >= 0.6 is 0 Å². The fourth-order valence-corrected chi connectivity index (χ4v) is 3.32. The lowest BCUT2D eigenvalue weighted by Gasteiger charge is -2.12. The summed E-state index contributed by atoms with van der Waals surface area (Å²) in [5.74, 6) is -3.17. The van der Waals surface area contributed by atoms with Crippen molar-refractivity contribution in [3.8, 4) is 22.5 Å². The molecule has 0 fully saturated rings. The zero-order valence-corrected chi connectivity index (χ0v) is 17.0. The third kappa shape index (κ3) is 5.20. The zero-order chi connectivity index (χ0) is 24.5. The minimum Gasteiger partial charge on any atom is -0.325 e. The molecule has 1 aromatic heterocycles. The Morgan fingerprint density at radius 3 is 2.18 bits per heavy atom. The second-order valence-electron chi connectivity index (χ2n) is 7.28. The van der Waals surface area contributed by atoms with Crippen LogP contribution in [-0.4, -0.2) is 16.0 Å². The maximum Gasteiger partial charge on any atom is 0.439 e. The fraction of sp³-hybridized carbons (Fsp3) is 0.0870. The monoisotopic (exact) mass is 475 g/mol. The van der Waals surface area contributed by atoms with Crippen LogP contribution in [0.3, 0.4) is 0 Å². The average Bonchev–Trinajstić information content (AvgIpc) is 3.19. The van der Waals surface area contributed by atoms with E-state index in [-0.39, 0.29) is 29.1 Å². The standard InChI is InChI=1S/C23H14F5N3O3/c24-16-7-12(8-17(25)11-16)9-20(32)29-19-6-3-14(10-18(19)21-30-22(33)34-31-21)13-1-4-15(5-2-13)23(26,27)28/h1-8,10-11H,9H2,(H,29,32)(H,30,31,33). The van der Waals surface area contributed by atoms with Gasteiger partial charge in [-0.1, -0.05) is 23.4 Å². The van der Waals surface area contributed by atoms with Gasteiger partial charge in [-0.3, -0.25) is 14.3 Å². The van der Waals surface area contributed by atoms with Crippen LogP contribution in [0.1, 0.15) is 11.1 Å². The predicted molar refractivity (Wildman–Crippen MR) is 112 cm³/mol. The molecule has 0 spiro atoms. The van der Waals surface area contributed by atoms with Crippen molar-refractivity contribution in [1.29, 1.82) is 0 Å². The van der Waals surface area contributed by atoms with Gasteiger partial charge < -0.3 is 5.32 Å². The number of benzene rings is 3. The lowest BCUT2D eigenvalue weighted by Crippen LogP contribution is -2.15. The van der Waals surface area contributed by atoms with E-state index in [1.165, 1.54) is 24.3 Å². The SMILES string of the molecule is O=C(Cc1cc(F)cc(F)c1)Nc1ccc(-c2ccc(C(F)(F)F)cc2)cc1-c1noc(=O)[nH]1. The van der Waals surface area contributed by atoms with Crippen molar-refractivity contribution in [2.75, 3.05) is 5.32 Å². The number of carbonyl (C=O) groups excluding carboxylic acids is 1. The van der Waals surface area contributed by atoms with Crippen LogP contribution in [0.2, 0.25) is 0 Å². The van der Waals surface area contributed by atoms with Crippen LogP contribution < -0.4 is 11.1 Å². The molecule has 0 bridgehead atoms. The number of halogens is 5. The number of aromatic amines is 1. The Bertz CT molecular complexity index is 1390. The zero-order valence-electron chi connectivity index (χ0n) is 17.0. The maximum atomic E-state index is 13.4. The number of hydrogen-bond donors (Lipinski definition) is 2. The van der Waals surface area contributed by atoms with Gasteiger partial charge in [0, 0.05) is 11.6 Å². The van der Waals surface area contributed by atoms with E-state index >= 15 is 0 Å². The van der Waals surface area contributed by atoms with Crippen molar-refractivity contribution in [2.24, 2.45) is 0 Å². The second-order valence-corrected chi connectivity index (χ2v) is 7.28. The van der Waals surface area contributed by atoms with Gasteiger partial charge in [0.15, 0.2) is 5.82 Å². The van der Waals surface area contributed by atoms with Crippen molar-refractivity contribution >= 4 is 11.6 Å². The molecule has 0 aliphatic heterocycles. The van der Waals surface area contributed by atoms with E-state index in [9.17, 15) is 31.5 Å². The summed E-state index contributed by atoms with van der Waals surface area (Å²) >= 11 is 0. The Morgan fingerprint density at radius 1 is 0.941 bits per heavy atom. The van der Waals surface area contributed by atoms with Gasteiger partial charge in [-0.15, -0.1) is 0 Å². The molecule has 0 atom stereocenters. The van der Waals surface area contributed by atoms with E-state index in [1.807, 2.05) is 0 Å². The van der Waals surface area contributed by atoms with Crippen molar-refractivity contribution in [3.63, 3.8) is 0 Å². The van der Waals surface area contributed by atoms with Gasteiger partial charge in [-0.05, 0) is 53.1 Å². The van der Waals surface area contributed by atoms with Crippen LogP contribution in [0, 0.1) is 11.6 Å². The van der Waals surface area contributed by atoms with Gasteiger partial charge in [0.1, 0.15) is 11.6 Å². The highest BCUT2D eigenvalue weighted by molar-refractivity contribution is 5.96. The van der Waals surface area contributed by atoms with E-state index in [1.54, 1.807) is 6.07 Å². The van der Waals surface area contributed by atoms with Crippen LogP contribution in [-0.2, 0) is 17.4 Å². The van der Waals surface area contributed by atoms with Gasteiger partial charge in [-0.25, -0.2) is 13.6 Å². The van der Waals surface area contributed by atoms with Crippen molar-refractivity contribution in [2.45, 2.75) is 12.6 Å². The predicted octanol–water partition coefficient (Wildman–Crippen LogP) is 5.18. The first kappa shape index (κ1) is 22.9. The molecule has 11 heteroatoms. The molecule has 0 aliphatic rings. The number of rotatable bonds is 5. The Labute approximate surface area is 188 Å². The molecule has 0 aliphatic carbocycles. The summed E-state index contributed by atoms with van der Waals surface area (Å²) in [7, 11) is 0. The Morgan fingerprint density at radius 2 is 1.59 bits per heavy atom. The fourth-order valence-electron chi connectivity index (χ4n) is 3.32. The number of H-pyrrole nitrogens is 1. The number of carbonyl (C=O) groups is 1. The van der Waals surface area contributed by atoms with Crippen LogP contribution in [0.5, 0.6) is 0 Å². The third-order valence-electron chi connectivity index (χ3n) is 4.82. The Balaban J connectivity index is 1.66. The molecule has 1 heterocycles. The summed E-state index contributed by atoms with van der Waals surface area (Å²) < 4.78 is 69.9. The molecule has 0 radical (unpaired) electrons. The number of alkyl halides is 3. The van der Waals surface area contributed by atoms with Crippen molar-refractivity contribution < 1.29 is 31.3 Å². The molecule has 0 saturated carbocycles. The first-order valence-corrected chi connectivity index (χ1v) is 9.71. The molecule has 1 amide bonds. The lowest BCUT2D eigenvalue weighted by atomic mass is 10.00. The van der Waals surface area contributed by atoms with Gasteiger partial charge in [0.2, 0.25) is 5.91 Å². The summed E-state index contributed by atoms with van der Waals surface area (Å²) in [5, 5.41) is 6.18. The average molecular weight is 475 g/mol. The summed E-state index contributed by atoms with van der Waals surface area (Å²) in [6.07, 6.45) is -4.83. The molecule has 4 aromatic rings. The van der Waals surface area contributed by atoms with E-state index in [4.69, 9.17) is 0 Å². The molecule has 34 heavy (non-hydrogen) atoms. The minimum atomic E-state index is -4.48. The number of aromatic nitrogens is 2. The normalized spacial score (nSPS) is 11.4. The summed E-state index contributed by atoms with van der Waals surface area (Å²) in [6.45, 7) is 0. The van der Waals surface area contributed by atoms with Gasteiger partial charge in [-0.2, -0.15) is 13.2 Å². The molecule has 3 aromatic carbocycles. The largest absolute Gasteiger partial charge is 0.439 e. The molecular weight excluding hydrogens is 461 g/mol. The van der Waals surface area contributed by atoms with E-state index in [0.717, 1.165) is 24.3 Å². The minimum absolute atomic E-state index is 0.0362. The second kappa shape index (κ2) is 8.93. The molecule has 0 unspecified atom stereocenters. The molecule has 4 rings (SSSR count). The third-order valence-corrected chi connectivity index (χ3v) is 4.82. The van der Waals surface area contributed by atoms with Gasteiger partial charge in [0.05, 0.1) is 17.7 Å². The molecule has 2 N–H and O–H groups in total. The molecule has 0 saturated heterocycles. The Kier molecular flexibility index (Phi) is 6.01. The Hall–Kier alpha value is -4.28. The smallest absolute Gasteiger partial charge is 0.325 e. The first-order valence-electron chi connectivity index (χ1n) is 9.71. The van der Waals surface area contributed by atoms with Gasteiger partial charge in [0.25, 0.3) is 0 Å². The number of amides is 1. The number of hydrogen-bond acceptors (Lipinski definition) is 4. The summed E-state index contributed by atoms with van der Waals surface area (Å²) in [5.41, 5.74) is 0.595. The van der Waals surface area contributed by atoms with Crippen LogP contribution in [0.25, 0.3) is 22.5 Å². The summed E-state index contributed by atoms with van der Waals surface area (Å²) in [4.78, 5) is 26.3. The van der Waals surface area contributed by atoms with Crippen molar-refractivity contribution in [3.05, 3.63) is 94.0 Å². The highest BCUT2D eigenvalue weighted by Crippen LogP contribution is 2.34. The quantitative estimate of drug-likeness (QED) is 0.390. The summed E-state index contributed by atoms with van der Waals surface area (Å²) in [6, 6.07) is 11.6. The maximum absolute atomic E-state index is 13.4. The highest BCUT2D eigenvalue weighted by atomic mass is 19.4. The van der Waals surface area contributed by atoms with E-state index in [0.29, 0.717) is 17.2 Å². The molecular formula is C23H14F5N3O3. The topological polar surface area (TPSA) is 88.0 Å². The number of nitrogens with zero attached hydrogens (tertiary/aromatic N) is 1. The van der Waals surface area contributed by atoms with E-state index < -0.39 is 35.0 Å². The number of anilines is 1.